The lowest BCUT2D eigenvalue weighted by Crippen LogP contribution is -2.39. The van der Waals surface area contributed by atoms with Gasteiger partial charge in [-0.25, -0.2) is 0 Å². The quantitative estimate of drug-likeness (QED) is 0.255. The van der Waals surface area contributed by atoms with E-state index in [0.29, 0.717) is 17.1 Å². The molecule has 8 nitrogen and oxygen atoms in total. The van der Waals surface area contributed by atoms with E-state index in [4.69, 9.17) is 32.5 Å². The molecule has 0 saturated carbocycles. The first-order chi connectivity index (χ1) is 18.0. The van der Waals surface area contributed by atoms with Crippen LogP contribution in [0.15, 0.2) is 71.3 Å². The highest BCUT2D eigenvalue weighted by atomic mass is 35.5. The van der Waals surface area contributed by atoms with Gasteiger partial charge in [-0.1, -0.05) is 79.5 Å². The van der Waals surface area contributed by atoms with Crippen molar-refractivity contribution in [3.8, 4) is 28.6 Å². The molecule has 10 heteroatoms. The summed E-state index contributed by atoms with van der Waals surface area (Å²) in [6.07, 6.45) is 0. The fourth-order valence-electron chi connectivity index (χ4n) is 3.38. The van der Waals surface area contributed by atoms with Gasteiger partial charge in [-0.15, -0.1) is 0 Å². The Balaban J connectivity index is 1.56. The zero-order valence-corrected chi connectivity index (χ0v) is 22.5. The van der Waals surface area contributed by atoms with Crippen molar-refractivity contribution in [3.63, 3.8) is 0 Å². The summed E-state index contributed by atoms with van der Waals surface area (Å²) < 4.78 is 11.1. The van der Waals surface area contributed by atoms with Crippen LogP contribution in [0.1, 0.15) is 37.0 Å². The van der Waals surface area contributed by atoms with Crippen LogP contribution in [-0.4, -0.2) is 38.4 Å². The molecule has 1 amide bonds. The molecule has 3 aromatic carbocycles. The second-order valence-corrected chi connectivity index (χ2v) is 10.4. The van der Waals surface area contributed by atoms with Crippen LogP contribution >= 0.6 is 23.2 Å². The molecule has 1 heterocycles. The molecule has 1 N–H and O–H groups in total. The predicted molar refractivity (Wildman–Crippen MR) is 144 cm³/mol. The first-order valence-electron chi connectivity index (χ1n) is 11.7. The van der Waals surface area contributed by atoms with Crippen LogP contribution in [0, 0.1) is 5.41 Å². The minimum atomic E-state index is -0.661. The summed E-state index contributed by atoms with van der Waals surface area (Å²) in [6, 6.07) is 19.4. The Morgan fingerprint density at radius 1 is 0.974 bits per heavy atom. The number of amides is 1. The number of hydrogen-bond acceptors (Lipinski definition) is 7. The Morgan fingerprint density at radius 2 is 1.58 bits per heavy atom. The summed E-state index contributed by atoms with van der Waals surface area (Å²) in [4.78, 5) is 31.8. The summed E-state index contributed by atoms with van der Waals surface area (Å²) in [5, 5.41) is 13.7. The Bertz CT molecular complexity index is 1420. The summed E-state index contributed by atoms with van der Waals surface area (Å²) in [5.41, 5.74) is 0.468. The van der Waals surface area contributed by atoms with E-state index in [1.165, 1.54) is 17.0 Å². The molecule has 0 fully saturated rings. The average molecular weight is 554 g/mol. The molecule has 0 radical (unpaired) electrons. The molecule has 1 aromatic heterocycles. The number of carbonyl (C=O) groups excluding carboxylic acids is 2. The fourth-order valence-corrected chi connectivity index (χ4v) is 3.86. The maximum Gasteiger partial charge on any atom is 0.316 e. The number of phenolic OH excluding ortho intramolecular Hbond substituents is 1. The smallest absolute Gasteiger partial charge is 0.316 e. The van der Waals surface area contributed by atoms with Crippen LogP contribution in [0.3, 0.4) is 0 Å². The van der Waals surface area contributed by atoms with Gasteiger partial charge in [0.1, 0.15) is 11.5 Å². The Morgan fingerprint density at radius 3 is 2.18 bits per heavy atom. The van der Waals surface area contributed by atoms with Gasteiger partial charge in [0, 0.05) is 17.5 Å². The number of ketones is 1. The average Bonchev–Trinajstić information content (AvgIpc) is 3.38. The van der Waals surface area contributed by atoms with E-state index < -0.39 is 11.3 Å². The van der Waals surface area contributed by atoms with E-state index in [-0.39, 0.29) is 46.4 Å². The van der Waals surface area contributed by atoms with Crippen LogP contribution in [0.5, 0.6) is 17.2 Å². The van der Waals surface area contributed by atoms with Gasteiger partial charge in [0.25, 0.3) is 0 Å². The van der Waals surface area contributed by atoms with Gasteiger partial charge in [0.15, 0.2) is 11.5 Å². The van der Waals surface area contributed by atoms with Crippen molar-refractivity contribution in [1.82, 2.24) is 15.0 Å². The van der Waals surface area contributed by atoms with Crippen molar-refractivity contribution in [2.75, 3.05) is 6.54 Å². The Labute approximate surface area is 229 Å². The number of hydrogen-bond donors (Lipinski definition) is 1. The van der Waals surface area contributed by atoms with Gasteiger partial charge >= 0.3 is 11.8 Å². The highest BCUT2D eigenvalue weighted by Gasteiger charge is 2.29. The van der Waals surface area contributed by atoms with Gasteiger partial charge in [-0.05, 0) is 42.0 Å². The molecule has 0 aliphatic carbocycles. The van der Waals surface area contributed by atoms with E-state index in [2.05, 4.69) is 10.1 Å². The maximum absolute atomic E-state index is 13.4. The highest BCUT2D eigenvalue weighted by molar-refractivity contribution is 6.37. The number of carbonyl (C=O) groups is 2. The lowest BCUT2D eigenvalue weighted by molar-refractivity contribution is -0.127. The van der Waals surface area contributed by atoms with Gasteiger partial charge < -0.3 is 19.3 Å². The molecule has 0 aliphatic heterocycles. The molecule has 0 spiro atoms. The van der Waals surface area contributed by atoms with Crippen LogP contribution in [-0.2, 0) is 11.3 Å². The molecular weight excluding hydrogens is 529 g/mol. The molecular formula is C28H25Cl2N3O5. The number of Topliss-reactive ketones (excluding diaryl/α,β-unsaturated/α-hetero) is 1. The topological polar surface area (TPSA) is 106 Å². The van der Waals surface area contributed by atoms with Gasteiger partial charge in [0.2, 0.25) is 5.82 Å². The highest BCUT2D eigenvalue weighted by Crippen LogP contribution is 2.35. The van der Waals surface area contributed by atoms with Crippen molar-refractivity contribution >= 4 is 34.9 Å². The fraction of sp³-hybridized carbons (Fsp3) is 0.214. The normalized spacial score (nSPS) is 11.3. The first-order valence-corrected chi connectivity index (χ1v) is 12.4. The molecule has 0 saturated heterocycles. The van der Waals surface area contributed by atoms with Crippen LogP contribution in [0.4, 0.5) is 0 Å². The predicted octanol–water partition coefficient (Wildman–Crippen LogP) is 6.80. The largest absolute Gasteiger partial charge is 0.505 e. The number of phenols is 1. The standard InChI is InChI=1S/C28H25Cl2N3O5/c1-28(2,3)23(34)16-33(15-17-9-11-20(12-10-17)37-19-7-5-4-6-8-19)27(36)26-31-25(32-38-26)18-13-21(29)24(35)22(30)14-18/h4-14,35H,15-16H2,1-3H3. The minimum Gasteiger partial charge on any atom is -0.505 e. The maximum atomic E-state index is 13.4. The molecule has 0 bridgehead atoms. The summed E-state index contributed by atoms with van der Waals surface area (Å²) >= 11 is 12.0. The third-order valence-corrected chi connectivity index (χ3v) is 6.19. The van der Waals surface area contributed by atoms with Crippen molar-refractivity contribution in [1.29, 1.82) is 0 Å². The number of rotatable bonds is 8. The number of para-hydroxylation sites is 1. The first kappa shape index (κ1) is 27.2. The van der Waals surface area contributed by atoms with Gasteiger partial charge in [-0.3, -0.25) is 9.59 Å². The molecule has 196 valence electrons. The minimum absolute atomic E-state index is 0.00210. The monoisotopic (exact) mass is 553 g/mol. The van der Waals surface area contributed by atoms with Gasteiger partial charge in [-0.2, -0.15) is 4.98 Å². The third kappa shape index (κ3) is 6.51. The number of ether oxygens (including phenoxy) is 1. The van der Waals surface area contributed by atoms with Crippen molar-refractivity contribution < 1.29 is 24.0 Å². The number of benzene rings is 3. The molecule has 4 rings (SSSR count). The number of aromatic hydroxyl groups is 1. The van der Waals surface area contributed by atoms with E-state index >= 15 is 0 Å². The number of nitrogens with zero attached hydrogens (tertiary/aromatic N) is 3. The van der Waals surface area contributed by atoms with E-state index in [9.17, 15) is 14.7 Å². The zero-order chi connectivity index (χ0) is 27.4. The van der Waals surface area contributed by atoms with E-state index in [0.717, 1.165) is 5.56 Å². The lowest BCUT2D eigenvalue weighted by Gasteiger charge is -2.25. The van der Waals surface area contributed by atoms with Crippen molar-refractivity contribution in [3.05, 3.63) is 88.2 Å². The molecule has 38 heavy (non-hydrogen) atoms. The van der Waals surface area contributed by atoms with E-state index in [1.807, 2.05) is 42.5 Å². The molecule has 0 atom stereocenters. The lowest BCUT2D eigenvalue weighted by atomic mass is 9.90. The number of halogens is 2. The van der Waals surface area contributed by atoms with Crippen LogP contribution in [0.25, 0.3) is 11.4 Å². The zero-order valence-electron chi connectivity index (χ0n) is 20.9. The molecule has 0 aliphatic rings. The van der Waals surface area contributed by atoms with E-state index in [1.54, 1.807) is 32.9 Å². The Kier molecular flexibility index (Phi) is 8.04. The summed E-state index contributed by atoms with van der Waals surface area (Å²) in [5.74, 6) is 0.0814. The third-order valence-electron chi connectivity index (χ3n) is 5.62. The van der Waals surface area contributed by atoms with Crippen molar-refractivity contribution in [2.24, 2.45) is 5.41 Å². The molecule has 4 aromatic rings. The summed E-state index contributed by atoms with van der Waals surface area (Å²) in [6.45, 7) is 5.34. The van der Waals surface area contributed by atoms with Crippen LogP contribution < -0.4 is 4.74 Å². The second kappa shape index (κ2) is 11.2. The Hall–Kier alpha value is -3.88. The second-order valence-electron chi connectivity index (χ2n) is 9.61. The van der Waals surface area contributed by atoms with Gasteiger partial charge in [0.05, 0.1) is 16.6 Å². The molecule has 0 unspecified atom stereocenters. The van der Waals surface area contributed by atoms with Crippen molar-refractivity contribution in [2.45, 2.75) is 27.3 Å². The SMILES string of the molecule is CC(C)(C)C(=O)CN(Cc1ccc(Oc2ccccc2)cc1)C(=O)c1nc(-c2cc(Cl)c(O)c(Cl)c2)no1. The van der Waals surface area contributed by atoms with Crippen LogP contribution in [0.2, 0.25) is 10.0 Å². The number of aromatic nitrogens is 2. The summed E-state index contributed by atoms with van der Waals surface area (Å²) in [7, 11) is 0.